The maximum Gasteiger partial charge on any atom is 0.127 e. The second-order valence-corrected chi connectivity index (χ2v) is 5.79. The average molecular weight is 255 g/mol. The molecular weight excluding hydrogens is 244 g/mol. The zero-order valence-corrected chi connectivity index (χ0v) is 10.1. The lowest BCUT2D eigenvalue weighted by molar-refractivity contribution is 0.0626. The van der Waals surface area contributed by atoms with Crippen LogP contribution in [0.5, 0.6) is 0 Å². The maximum atomic E-state index is 10.8. The van der Waals surface area contributed by atoms with Crippen LogP contribution in [-0.2, 0) is 12.0 Å². The monoisotopic (exact) mass is 254 g/mol. The second-order valence-electron chi connectivity index (χ2n) is 4.08. The first kappa shape index (κ1) is 10.4. The van der Waals surface area contributed by atoms with Gasteiger partial charge in [-0.25, -0.2) is 0 Å². The third-order valence-electron chi connectivity index (χ3n) is 3.11. The van der Waals surface area contributed by atoms with Crippen LogP contribution >= 0.6 is 22.9 Å². The van der Waals surface area contributed by atoms with Crippen molar-refractivity contribution in [1.82, 2.24) is 0 Å². The molecule has 1 N–H and O–H groups in total. The molecule has 3 rings (SSSR count). The normalized spacial score (nSPS) is 24.4. The number of fused-ring (bicyclic) bond motifs is 1. The summed E-state index contributed by atoms with van der Waals surface area (Å²) in [6, 6.07) is 5.59. The van der Waals surface area contributed by atoms with Gasteiger partial charge in [0.1, 0.15) is 11.4 Å². The van der Waals surface area contributed by atoms with Crippen molar-refractivity contribution in [3.63, 3.8) is 0 Å². The SMILES string of the molecule is OC1(c2ccc(Cl)s2)CCCc2occc21. The first-order chi connectivity index (χ1) is 7.70. The summed E-state index contributed by atoms with van der Waals surface area (Å²) in [4.78, 5) is 0.903. The van der Waals surface area contributed by atoms with Crippen molar-refractivity contribution in [1.29, 1.82) is 0 Å². The summed E-state index contributed by atoms with van der Waals surface area (Å²) in [6.45, 7) is 0. The fraction of sp³-hybridized carbons (Fsp3) is 0.333. The summed E-state index contributed by atoms with van der Waals surface area (Å²) < 4.78 is 6.10. The van der Waals surface area contributed by atoms with Gasteiger partial charge in [0, 0.05) is 16.9 Å². The van der Waals surface area contributed by atoms with Crippen LogP contribution in [0.2, 0.25) is 4.34 Å². The molecule has 0 saturated heterocycles. The van der Waals surface area contributed by atoms with E-state index in [-0.39, 0.29) is 0 Å². The molecule has 16 heavy (non-hydrogen) atoms. The van der Waals surface area contributed by atoms with Crippen LogP contribution in [0.3, 0.4) is 0 Å². The molecule has 2 nitrogen and oxygen atoms in total. The smallest absolute Gasteiger partial charge is 0.127 e. The Balaban J connectivity index is 2.13. The number of halogens is 1. The molecule has 0 saturated carbocycles. The third kappa shape index (κ3) is 1.43. The Morgan fingerprint density at radius 2 is 2.25 bits per heavy atom. The van der Waals surface area contributed by atoms with Crippen molar-refractivity contribution in [3.8, 4) is 0 Å². The molecule has 0 aromatic carbocycles. The first-order valence-electron chi connectivity index (χ1n) is 5.25. The van der Waals surface area contributed by atoms with Crippen molar-refractivity contribution in [2.45, 2.75) is 24.9 Å². The number of rotatable bonds is 1. The van der Waals surface area contributed by atoms with Crippen molar-refractivity contribution in [2.75, 3.05) is 0 Å². The predicted octanol–water partition coefficient (Wildman–Crippen LogP) is 3.57. The highest BCUT2D eigenvalue weighted by molar-refractivity contribution is 7.16. The van der Waals surface area contributed by atoms with Gasteiger partial charge >= 0.3 is 0 Å². The molecule has 1 aliphatic rings. The van der Waals surface area contributed by atoms with E-state index >= 15 is 0 Å². The molecule has 2 aromatic heterocycles. The Hall–Kier alpha value is -0.770. The van der Waals surface area contributed by atoms with E-state index in [4.69, 9.17) is 16.0 Å². The summed E-state index contributed by atoms with van der Waals surface area (Å²) in [7, 11) is 0. The molecule has 0 bridgehead atoms. The fourth-order valence-electron chi connectivity index (χ4n) is 2.33. The average Bonchev–Trinajstić information content (AvgIpc) is 2.87. The van der Waals surface area contributed by atoms with Gasteiger partial charge in [-0.15, -0.1) is 11.3 Å². The molecule has 2 heterocycles. The lowest BCUT2D eigenvalue weighted by Gasteiger charge is -2.30. The van der Waals surface area contributed by atoms with Gasteiger partial charge in [-0.3, -0.25) is 0 Å². The summed E-state index contributed by atoms with van der Waals surface area (Å²) in [6.07, 6.45) is 4.23. The Morgan fingerprint density at radius 3 is 3.00 bits per heavy atom. The van der Waals surface area contributed by atoms with E-state index in [0.29, 0.717) is 4.34 Å². The lowest BCUT2D eigenvalue weighted by Crippen LogP contribution is -2.29. The van der Waals surface area contributed by atoms with Crippen LogP contribution in [0.25, 0.3) is 0 Å². The highest BCUT2D eigenvalue weighted by atomic mass is 35.5. The Labute approximate surface area is 102 Å². The van der Waals surface area contributed by atoms with Crippen molar-refractivity contribution in [3.05, 3.63) is 45.0 Å². The van der Waals surface area contributed by atoms with Crippen molar-refractivity contribution in [2.24, 2.45) is 0 Å². The molecule has 0 radical (unpaired) electrons. The molecule has 0 fully saturated rings. The summed E-state index contributed by atoms with van der Waals surface area (Å²) in [5.41, 5.74) is -0.00413. The van der Waals surface area contributed by atoms with Gasteiger partial charge in [0.15, 0.2) is 0 Å². The van der Waals surface area contributed by atoms with Crippen molar-refractivity contribution >= 4 is 22.9 Å². The zero-order chi connectivity index (χ0) is 11.2. The third-order valence-corrected chi connectivity index (χ3v) is 4.50. The minimum absolute atomic E-state index is 0.707. The Kier molecular flexibility index (Phi) is 2.35. The topological polar surface area (TPSA) is 33.4 Å². The van der Waals surface area contributed by atoms with Crippen LogP contribution in [0.4, 0.5) is 0 Å². The van der Waals surface area contributed by atoms with Gasteiger partial charge in [-0.1, -0.05) is 11.6 Å². The minimum Gasteiger partial charge on any atom is -0.469 e. The quantitative estimate of drug-likeness (QED) is 0.844. The number of aryl methyl sites for hydroxylation is 1. The molecule has 1 atom stereocenters. The fourth-order valence-corrected chi connectivity index (χ4v) is 3.51. The second kappa shape index (κ2) is 3.62. The van der Waals surface area contributed by atoms with Crippen LogP contribution in [0, 0.1) is 0 Å². The van der Waals surface area contributed by atoms with Crippen LogP contribution in [0.1, 0.15) is 29.0 Å². The summed E-state index contributed by atoms with van der Waals surface area (Å²) >= 11 is 7.36. The van der Waals surface area contributed by atoms with E-state index in [2.05, 4.69) is 0 Å². The summed E-state index contributed by atoms with van der Waals surface area (Å²) in [5.74, 6) is 0.901. The maximum absolute atomic E-state index is 10.8. The van der Waals surface area contributed by atoms with Crippen LogP contribution < -0.4 is 0 Å². The summed E-state index contributed by atoms with van der Waals surface area (Å²) in [5, 5.41) is 10.8. The first-order valence-corrected chi connectivity index (χ1v) is 6.44. The molecular formula is C12H11ClO2S. The highest BCUT2D eigenvalue weighted by Gasteiger charge is 2.38. The molecule has 1 aliphatic carbocycles. The zero-order valence-electron chi connectivity index (χ0n) is 8.57. The van der Waals surface area contributed by atoms with Gasteiger partial charge in [0.2, 0.25) is 0 Å². The number of aliphatic hydroxyl groups is 1. The molecule has 0 spiro atoms. The van der Waals surface area contributed by atoms with Crippen molar-refractivity contribution < 1.29 is 9.52 Å². The molecule has 84 valence electrons. The number of hydrogen-bond donors (Lipinski definition) is 1. The molecule has 1 unspecified atom stereocenters. The van der Waals surface area contributed by atoms with Crippen LogP contribution in [-0.4, -0.2) is 5.11 Å². The van der Waals surface area contributed by atoms with Gasteiger partial charge in [0.25, 0.3) is 0 Å². The van der Waals surface area contributed by atoms with Gasteiger partial charge < -0.3 is 9.52 Å². The van der Waals surface area contributed by atoms with Gasteiger partial charge in [-0.05, 0) is 31.0 Å². The van der Waals surface area contributed by atoms with E-state index in [0.717, 1.165) is 35.5 Å². The lowest BCUT2D eigenvalue weighted by atomic mass is 9.82. The molecule has 2 aromatic rings. The molecule has 0 amide bonds. The number of furan rings is 1. The molecule has 4 heteroatoms. The largest absolute Gasteiger partial charge is 0.469 e. The minimum atomic E-state index is -0.904. The molecule has 0 aliphatic heterocycles. The van der Waals surface area contributed by atoms with E-state index in [1.165, 1.54) is 11.3 Å². The highest BCUT2D eigenvalue weighted by Crippen LogP contribution is 2.44. The standard InChI is InChI=1S/C12H11ClO2S/c13-11-4-3-10(16-11)12(14)6-1-2-9-8(12)5-7-15-9/h3-5,7,14H,1-2,6H2. The van der Waals surface area contributed by atoms with Crippen LogP contribution in [0.15, 0.2) is 28.9 Å². The predicted molar refractivity (Wildman–Crippen MR) is 64.0 cm³/mol. The Morgan fingerprint density at radius 1 is 1.38 bits per heavy atom. The van der Waals surface area contributed by atoms with E-state index in [1.54, 1.807) is 6.26 Å². The van der Waals surface area contributed by atoms with Gasteiger partial charge in [0.05, 0.1) is 10.6 Å². The van der Waals surface area contributed by atoms with E-state index in [1.807, 2.05) is 18.2 Å². The number of thiophene rings is 1. The van der Waals surface area contributed by atoms with E-state index in [9.17, 15) is 5.11 Å². The van der Waals surface area contributed by atoms with E-state index < -0.39 is 5.60 Å². The Bertz CT molecular complexity index is 517. The number of hydrogen-bond acceptors (Lipinski definition) is 3. The van der Waals surface area contributed by atoms with Gasteiger partial charge in [-0.2, -0.15) is 0 Å².